The molecule has 14 heavy (non-hydrogen) atoms. The molecule has 2 rings (SSSR count). The van der Waals surface area contributed by atoms with E-state index < -0.39 is 4.93 Å². The standard InChI is InChI=1S/C9H8Cl2O2S/c1-9(14-2)6-3-5(10)4-7(11)8(6)12-13-9/h3-4H,1-2H3/t9-/m1/s1. The third-order valence-electron chi connectivity index (χ3n) is 2.17. The lowest BCUT2D eigenvalue weighted by Crippen LogP contribution is -2.15. The van der Waals surface area contributed by atoms with Gasteiger partial charge in [0.15, 0.2) is 10.7 Å². The molecular weight excluding hydrogens is 243 g/mol. The van der Waals surface area contributed by atoms with Gasteiger partial charge in [-0.1, -0.05) is 23.2 Å². The minimum atomic E-state index is -0.524. The van der Waals surface area contributed by atoms with Crippen molar-refractivity contribution in [1.82, 2.24) is 0 Å². The van der Waals surface area contributed by atoms with Crippen LogP contribution in [0.3, 0.4) is 0 Å². The van der Waals surface area contributed by atoms with Gasteiger partial charge in [-0.05, 0) is 25.3 Å². The number of rotatable bonds is 1. The predicted octanol–water partition coefficient (Wildman–Crippen LogP) is 3.85. The average Bonchev–Trinajstić information content (AvgIpc) is 2.46. The van der Waals surface area contributed by atoms with Crippen molar-refractivity contribution >= 4 is 35.0 Å². The Labute approximate surface area is 96.4 Å². The van der Waals surface area contributed by atoms with Crippen molar-refractivity contribution in [3.63, 3.8) is 0 Å². The molecule has 1 aromatic rings. The fourth-order valence-electron chi connectivity index (χ4n) is 1.29. The van der Waals surface area contributed by atoms with E-state index in [1.165, 1.54) is 11.8 Å². The molecule has 0 amide bonds. The Morgan fingerprint density at radius 2 is 2.07 bits per heavy atom. The number of fused-ring (bicyclic) bond motifs is 1. The number of hydrogen-bond acceptors (Lipinski definition) is 3. The third-order valence-corrected chi connectivity index (χ3v) is 3.74. The molecule has 2 nitrogen and oxygen atoms in total. The highest BCUT2D eigenvalue weighted by atomic mass is 35.5. The van der Waals surface area contributed by atoms with Crippen LogP contribution in [0.15, 0.2) is 12.1 Å². The van der Waals surface area contributed by atoms with E-state index in [4.69, 9.17) is 33.0 Å². The molecule has 0 N–H and O–H groups in total. The highest BCUT2D eigenvalue weighted by Crippen LogP contribution is 2.50. The van der Waals surface area contributed by atoms with Gasteiger partial charge in [0.05, 0.1) is 5.02 Å². The van der Waals surface area contributed by atoms with Crippen molar-refractivity contribution in [1.29, 1.82) is 0 Å². The van der Waals surface area contributed by atoms with Crippen molar-refractivity contribution in [2.24, 2.45) is 0 Å². The van der Waals surface area contributed by atoms with E-state index in [-0.39, 0.29) is 0 Å². The average molecular weight is 251 g/mol. The fourth-order valence-corrected chi connectivity index (χ4v) is 2.29. The van der Waals surface area contributed by atoms with Gasteiger partial charge >= 0.3 is 0 Å². The van der Waals surface area contributed by atoms with Gasteiger partial charge in [-0.2, -0.15) is 4.89 Å². The fraction of sp³-hybridized carbons (Fsp3) is 0.333. The van der Waals surface area contributed by atoms with Crippen LogP contribution in [0.2, 0.25) is 10.0 Å². The van der Waals surface area contributed by atoms with Crippen LogP contribution in [0, 0.1) is 0 Å². The summed E-state index contributed by atoms with van der Waals surface area (Å²) in [5.74, 6) is 0.563. The molecule has 0 fully saturated rings. The van der Waals surface area contributed by atoms with Gasteiger partial charge in [0.25, 0.3) is 0 Å². The zero-order valence-corrected chi connectivity index (χ0v) is 9.96. The first-order valence-electron chi connectivity index (χ1n) is 3.97. The summed E-state index contributed by atoms with van der Waals surface area (Å²) in [6.07, 6.45) is 1.94. The summed E-state index contributed by atoms with van der Waals surface area (Å²) in [5, 5.41) is 1.06. The SMILES string of the molecule is CS[C@@]1(C)OOc2c(Cl)cc(Cl)cc21. The topological polar surface area (TPSA) is 18.5 Å². The van der Waals surface area contributed by atoms with E-state index >= 15 is 0 Å². The minimum absolute atomic E-state index is 0.477. The molecule has 1 aliphatic rings. The summed E-state index contributed by atoms with van der Waals surface area (Å²) in [6, 6.07) is 3.45. The molecular formula is C9H8Cl2O2S. The third kappa shape index (κ3) is 1.48. The quantitative estimate of drug-likeness (QED) is 0.706. The Morgan fingerprint density at radius 3 is 2.71 bits per heavy atom. The van der Waals surface area contributed by atoms with Crippen molar-refractivity contribution < 1.29 is 9.78 Å². The zero-order valence-electron chi connectivity index (χ0n) is 7.64. The largest absolute Gasteiger partial charge is 0.334 e. The molecule has 0 unspecified atom stereocenters. The van der Waals surface area contributed by atoms with E-state index in [0.717, 1.165) is 5.56 Å². The monoisotopic (exact) mass is 250 g/mol. The molecule has 1 aliphatic heterocycles. The summed E-state index contributed by atoms with van der Waals surface area (Å²) in [4.78, 5) is 9.77. The summed E-state index contributed by atoms with van der Waals surface area (Å²) < 4.78 is 0. The van der Waals surface area contributed by atoms with Crippen LogP contribution >= 0.6 is 35.0 Å². The Bertz CT molecular complexity index is 383. The maximum atomic E-state index is 5.96. The van der Waals surface area contributed by atoms with Gasteiger partial charge in [-0.25, -0.2) is 0 Å². The molecule has 1 heterocycles. The summed E-state index contributed by atoms with van der Waals surface area (Å²) in [6.45, 7) is 1.91. The molecule has 76 valence electrons. The molecule has 0 aliphatic carbocycles. The molecule has 0 spiro atoms. The first-order valence-corrected chi connectivity index (χ1v) is 5.95. The number of benzene rings is 1. The molecule has 1 atom stereocenters. The smallest absolute Gasteiger partial charge is 0.191 e. The summed E-state index contributed by atoms with van der Waals surface area (Å²) in [7, 11) is 0. The predicted molar refractivity (Wildman–Crippen MR) is 59.0 cm³/mol. The minimum Gasteiger partial charge on any atom is -0.334 e. The number of thioether (sulfide) groups is 1. The Morgan fingerprint density at radius 1 is 1.36 bits per heavy atom. The highest BCUT2D eigenvalue weighted by molar-refractivity contribution is 7.99. The molecule has 1 aromatic carbocycles. The lowest BCUT2D eigenvalue weighted by Gasteiger charge is -2.17. The van der Waals surface area contributed by atoms with E-state index in [2.05, 4.69) is 0 Å². The molecule has 0 radical (unpaired) electrons. The Hall–Kier alpha value is -0.0900. The normalized spacial score (nSPS) is 24.6. The first kappa shape index (κ1) is 10.4. The van der Waals surface area contributed by atoms with Gasteiger partial charge in [-0.15, -0.1) is 11.8 Å². The Balaban J connectivity index is 2.60. The maximum Gasteiger partial charge on any atom is 0.191 e. The second kappa shape index (κ2) is 3.49. The van der Waals surface area contributed by atoms with Crippen LogP contribution in [0.1, 0.15) is 12.5 Å². The zero-order chi connectivity index (χ0) is 10.3. The van der Waals surface area contributed by atoms with E-state index in [9.17, 15) is 0 Å². The number of halogens is 2. The summed E-state index contributed by atoms with van der Waals surface area (Å²) >= 11 is 13.4. The van der Waals surface area contributed by atoms with Crippen LogP contribution < -0.4 is 4.89 Å². The van der Waals surface area contributed by atoms with Crippen molar-refractivity contribution in [2.75, 3.05) is 6.26 Å². The van der Waals surface area contributed by atoms with Crippen LogP contribution in [0.4, 0.5) is 0 Å². The molecule has 0 saturated heterocycles. The lowest BCUT2D eigenvalue weighted by molar-refractivity contribution is -0.232. The van der Waals surface area contributed by atoms with Crippen LogP contribution in [-0.2, 0) is 9.82 Å². The van der Waals surface area contributed by atoms with E-state index in [1.807, 2.05) is 19.2 Å². The maximum absolute atomic E-state index is 5.96. The van der Waals surface area contributed by atoms with Crippen LogP contribution in [0.5, 0.6) is 5.75 Å². The van der Waals surface area contributed by atoms with Gasteiger partial charge in [-0.3, -0.25) is 0 Å². The van der Waals surface area contributed by atoms with Gasteiger partial charge in [0, 0.05) is 10.6 Å². The van der Waals surface area contributed by atoms with Crippen molar-refractivity contribution in [3.05, 3.63) is 27.7 Å². The first-order chi connectivity index (χ1) is 6.57. The molecule has 0 aromatic heterocycles. The van der Waals surface area contributed by atoms with Crippen LogP contribution in [0.25, 0.3) is 0 Å². The van der Waals surface area contributed by atoms with E-state index in [0.29, 0.717) is 15.8 Å². The van der Waals surface area contributed by atoms with Crippen LogP contribution in [-0.4, -0.2) is 6.26 Å². The number of hydrogen-bond donors (Lipinski definition) is 0. The van der Waals surface area contributed by atoms with Crippen molar-refractivity contribution in [3.8, 4) is 5.75 Å². The summed E-state index contributed by atoms with van der Waals surface area (Å²) in [5.41, 5.74) is 0.877. The van der Waals surface area contributed by atoms with E-state index in [1.54, 1.807) is 6.07 Å². The van der Waals surface area contributed by atoms with Crippen molar-refractivity contribution in [2.45, 2.75) is 11.9 Å². The second-order valence-electron chi connectivity index (χ2n) is 3.08. The molecule has 5 heteroatoms. The highest BCUT2D eigenvalue weighted by Gasteiger charge is 2.39. The van der Waals surface area contributed by atoms with Gasteiger partial charge in [0.2, 0.25) is 0 Å². The van der Waals surface area contributed by atoms with Gasteiger partial charge in [0.1, 0.15) is 0 Å². The Kier molecular flexibility index (Phi) is 2.60. The van der Waals surface area contributed by atoms with Gasteiger partial charge < -0.3 is 4.89 Å². The second-order valence-corrected chi connectivity index (χ2v) is 5.11. The molecule has 0 saturated carbocycles. The molecule has 0 bridgehead atoms. The lowest BCUT2D eigenvalue weighted by atomic mass is 10.1.